The third kappa shape index (κ3) is 2.46. The van der Waals surface area contributed by atoms with E-state index < -0.39 is 53.4 Å². The number of benzene rings is 1. The Hall–Kier alpha value is -1.80. The van der Waals surface area contributed by atoms with E-state index in [1.54, 1.807) is 0 Å². The van der Waals surface area contributed by atoms with Gasteiger partial charge in [0, 0.05) is 5.56 Å². The first-order chi connectivity index (χ1) is 10.6. The third-order valence-corrected chi connectivity index (χ3v) is 4.40. The van der Waals surface area contributed by atoms with Crippen LogP contribution < -0.4 is 0 Å². The Morgan fingerprint density at radius 2 is 1.57 bits per heavy atom. The lowest BCUT2D eigenvalue weighted by molar-refractivity contribution is -0.204. The topological polar surface area (TPSA) is 26.3 Å². The van der Waals surface area contributed by atoms with Gasteiger partial charge in [-0.05, 0) is 36.7 Å². The van der Waals surface area contributed by atoms with Crippen molar-refractivity contribution in [3.8, 4) is 0 Å². The molecular formula is C14H9F7O2. The number of rotatable bonds is 1. The highest BCUT2D eigenvalue weighted by Gasteiger charge is 2.49. The lowest BCUT2D eigenvalue weighted by Gasteiger charge is -2.15. The first-order valence-electron chi connectivity index (χ1n) is 6.73. The molecule has 0 aliphatic heterocycles. The van der Waals surface area contributed by atoms with Gasteiger partial charge in [0.05, 0.1) is 0 Å². The molecule has 3 rings (SSSR count). The van der Waals surface area contributed by atoms with Crippen molar-refractivity contribution in [3.05, 3.63) is 34.4 Å². The van der Waals surface area contributed by atoms with E-state index in [0.29, 0.717) is 0 Å². The van der Waals surface area contributed by atoms with E-state index in [0.717, 1.165) is 0 Å². The maximum atomic E-state index is 13.9. The summed E-state index contributed by atoms with van der Waals surface area (Å²) in [6.07, 6.45) is -6.66. The van der Waals surface area contributed by atoms with Gasteiger partial charge in [-0.3, -0.25) is 0 Å². The Kier molecular flexibility index (Phi) is 3.57. The summed E-state index contributed by atoms with van der Waals surface area (Å²) < 4.78 is 95.0. The summed E-state index contributed by atoms with van der Waals surface area (Å²) in [4.78, 5) is 10.8. The van der Waals surface area contributed by atoms with Gasteiger partial charge in [-0.25, -0.2) is 22.4 Å². The molecule has 2 aliphatic carbocycles. The number of hydrogen-bond acceptors (Lipinski definition) is 2. The molecule has 0 heterocycles. The second-order valence-corrected chi connectivity index (χ2v) is 5.72. The molecule has 0 spiro atoms. The van der Waals surface area contributed by atoms with E-state index in [9.17, 15) is 35.5 Å². The molecule has 3 unspecified atom stereocenters. The predicted molar refractivity (Wildman–Crippen MR) is 61.4 cm³/mol. The highest BCUT2D eigenvalue weighted by molar-refractivity contribution is 5.75. The molecule has 0 saturated heterocycles. The van der Waals surface area contributed by atoms with Crippen molar-refractivity contribution in [2.45, 2.75) is 37.5 Å². The van der Waals surface area contributed by atoms with Gasteiger partial charge in [-0.15, -0.1) is 0 Å². The Morgan fingerprint density at radius 3 is 2.17 bits per heavy atom. The zero-order chi connectivity index (χ0) is 17.1. The molecule has 1 aromatic carbocycles. The van der Waals surface area contributed by atoms with E-state index in [1.807, 2.05) is 0 Å². The van der Waals surface area contributed by atoms with Crippen LogP contribution in [0, 0.1) is 29.2 Å². The molecule has 0 N–H and O–H groups in total. The summed E-state index contributed by atoms with van der Waals surface area (Å²) in [6, 6.07) is 0. The Morgan fingerprint density at radius 1 is 0.957 bits per heavy atom. The van der Waals surface area contributed by atoms with Gasteiger partial charge >= 0.3 is 12.1 Å². The van der Waals surface area contributed by atoms with Gasteiger partial charge < -0.3 is 4.74 Å². The molecule has 2 nitrogen and oxygen atoms in total. The van der Waals surface area contributed by atoms with Gasteiger partial charge in [0.25, 0.3) is 0 Å². The smallest absolute Gasteiger partial charge is 0.456 e. The fourth-order valence-electron chi connectivity index (χ4n) is 3.51. The van der Waals surface area contributed by atoms with E-state index >= 15 is 0 Å². The SMILES string of the molecule is O=C(OC1CC2Cc3c(F)c(F)c(F)c(F)c3C2C1)C(F)(F)F. The van der Waals surface area contributed by atoms with Crippen LogP contribution in [0.3, 0.4) is 0 Å². The number of fused-ring (bicyclic) bond motifs is 3. The fraction of sp³-hybridized carbons (Fsp3) is 0.500. The fourth-order valence-corrected chi connectivity index (χ4v) is 3.51. The van der Waals surface area contributed by atoms with E-state index in [2.05, 4.69) is 4.74 Å². The van der Waals surface area contributed by atoms with Crippen LogP contribution in [0.2, 0.25) is 0 Å². The van der Waals surface area contributed by atoms with Crippen molar-refractivity contribution in [1.29, 1.82) is 0 Å². The molecule has 2 aliphatic rings. The van der Waals surface area contributed by atoms with Gasteiger partial charge in [-0.1, -0.05) is 0 Å². The Labute approximate surface area is 125 Å². The molecule has 0 bridgehead atoms. The zero-order valence-corrected chi connectivity index (χ0v) is 11.3. The minimum Gasteiger partial charge on any atom is -0.456 e. The molecule has 23 heavy (non-hydrogen) atoms. The number of carbonyl (C=O) groups excluding carboxylic acids is 1. The molecule has 3 atom stereocenters. The van der Waals surface area contributed by atoms with Crippen molar-refractivity contribution >= 4 is 5.97 Å². The van der Waals surface area contributed by atoms with Gasteiger partial charge in [0.2, 0.25) is 0 Å². The highest BCUT2D eigenvalue weighted by Crippen LogP contribution is 2.51. The number of alkyl halides is 3. The highest BCUT2D eigenvalue weighted by atomic mass is 19.4. The van der Waals surface area contributed by atoms with Crippen LogP contribution in [0.1, 0.15) is 29.9 Å². The molecule has 1 saturated carbocycles. The van der Waals surface area contributed by atoms with Crippen molar-refractivity contribution in [3.63, 3.8) is 0 Å². The number of esters is 1. The Balaban J connectivity index is 1.85. The van der Waals surface area contributed by atoms with Crippen LogP contribution in [-0.4, -0.2) is 18.2 Å². The first-order valence-corrected chi connectivity index (χ1v) is 6.73. The van der Waals surface area contributed by atoms with E-state index in [-0.39, 0.29) is 30.4 Å². The standard InChI is InChI=1S/C14H9F7O2/c15-9-7-2-4-1-5(23-13(22)14(19,20)21)3-6(4)8(7)10(16)12(18)11(9)17/h4-6H,1-3H2. The summed E-state index contributed by atoms with van der Waals surface area (Å²) in [6.45, 7) is 0. The quantitative estimate of drug-likeness (QED) is 0.336. The largest absolute Gasteiger partial charge is 0.490 e. The van der Waals surface area contributed by atoms with Crippen molar-refractivity contribution in [2.75, 3.05) is 0 Å². The lowest BCUT2D eigenvalue weighted by atomic mass is 9.96. The molecule has 126 valence electrons. The summed E-state index contributed by atoms with van der Waals surface area (Å²) in [5, 5.41) is 0. The third-order valence-electron chi connectivity index (χ3n) is 4.40. The van der Waals surface area contributed by atoms with Gasteiger partial charge in [0.15, 0.2) is 23.3 Å². The molecule has 1 aromatic rings. The minimum atomic E-state index is -5.15. The molecule has 0 amide bonds. The van der Waals surface area contributed by atoms with Gasteiger partial charge in [-0.2, -0.15) is 13.2 Å². The van der Waals surface area contributed by atoms with Crippen LogP contribution in [-0.2, 0) is 16.0 Å². The molecule has 9 heteroatoms. The van der Waals surface area contributed by atoms with Crippen LogP contribution in [0.25, 0.3) is 0 Å². The van der Waals surface area contributed by atoms with Crippen molar-refractivity contribution in [1.82, 2.24) is 0 Å². The monoisotopic (exact) mass is 342 g/mol. The summed E-state index contributed by atoms with van der Waals surface area (Å²) in [7, 11) is 0. The van der Waals surface area contributed by atoms with Gasteiger partial charge in [0.1, 0.15) is 6.10 Å². The number of ether oxygens (including phenoxy) is 1. The summed E-state index contributed by atoms with van der Waals surface area (Å²) >= 11 is 0. The second-order valence-electron chi connectivity index (χ2n) is 5.72. The summed E-state index contributed by atoms with van der Waals surface area (Å²) in [5.74, 6) is -10.5. The lowest BCUT2D eigenvalue weighted by Crippen LogP contribution is -2.29. The summed E-state index contributed by atoms with van der Waals surface area (Å²) in [5.41, 5.74) is -0.658. The van der Waals surface area contributed by atoms with Crippen LogP contribution >= 0.6 is 0 Å². The molecule has 0 radical (unpaired) electrons. The van der Waals surface area contributed by atoms with Crippen molar-refractivity contribution in [2.24, 2.45) is 5.92 Å². The number of halogens is 7. The average molecular weight is 342 g/mol. The minimum absolute atomic E-state index is 0.0523. The predicted octanol–water partition coefficient (Wildman–Crippen LogP) is 3.77. The van der Waals surface area contributed by atoms with E-state index in [4.69, 9.17) is 0 Å². The maximum absolute atomic E-state index is 13.9. The second kappa shape index (κ2) is 5.10. The maximum Gasteiger partial charge on any atom is 0.490 e. The van der Waals surface area contributed by atoms with E-state index in [1.165, 1.54) is 0 Å². The molecule has 0 aromatic heterocycles. The molecule has 1 fully saturated rings. The number of carbonyl (C=O) groups is 1. The normalized spacial score (nSPS) is 26.1. The van der Waals surface area contributed by atoms with Crippen LogP contribution in [0.5, 0.6) is 0 Å². The Bertz CT molecular complexity index is 683. The van der Waals surface area contributed by atoms with Crippen LogP contribution in [0.4, 0.5) is 30.7 Å². The van der Waals surface area contributed by atoms with Crippen LogP contribution in [0.15, 0.2) is 0 Å². The zero-order valence-electron chi connectivity index (χ0n) is 11.3. The number of hydrogen-bond donors (Lipinski definition) is 0. The van der Waals surface area contributed by atoms with Crippen molar-refractivity contribution < 1.29 is 40.3 Å². The molecular weight excluding hydrogens is 333 g/mol. The average Bonchev–Trinajstić information content (AvgIpc) is 2.98. The first kappa shape index (κ1) is 16.1.